The first-order chi connectivity index (χ1) is 9.56. The molecule has 0 aliphatic heterocycles. The molecule has 2 rings (SSSR count). The largest absolute Gasteiger partial charge is 0.294 e. The summed E-state index contributed by atoms with van der Waals surface area (Å²) in [7, 11) is 0. The van der Waals surface area contributed by atoms with Crippen molar-refractivity contribution >= 4 is 17.4 Å². The molecule has 3 nitrogen and oxygen atoms in total. The number of aromatic nitrogens is 2. The van der Waals surface area contributed by atoms with Crippen molar-refractivity contribution in [3.63, 3.8) is 0 Å². The van der Waals surface area contributed by atoms with Gasteiger partial charge in [-0.25, -0.2) is 0 Å². The summed E-state index contributed by atoms with van der Waals surface area (Å²) < 4.78 is 1.90. The van der Waals surface area contributed by atoms with E-state index in [0.29, 0.717) is 17.0 Å². The molecule has 106 valence electrons. The summed E-state index contributed by atoms with van der Waals surface area (Å²) in [5, 5.41) is 5.11. The summed E-state index contributed by atoms with van der Waals surface area (Å²) in [6, 6.07) is 7.47. The summed E-state index contributed by atoms with van der Waals surface area (Å²) in [6.45, 7) is 6.75. The lowest BCUT2D eigenvalue weighted by atomic mass is 10.0. The van der Waals surface area contributed by atoms with Crippen LogP contribution in [0.5, 0.6) is 0 Å². The molecule has 0 aliphatic carbocycles. The van der Waals surface area contributed by atoms with Crippen LogP contribution in [0, 0.1) is 6.92 Å². The van der Waals surface area contributed by atoms with E-state index in [1.54, 1.807) is 6.07 Å². The van der Waals surface area contributed by atoms with Crippen LogP contribution >= 0.6 is 11.6 Å². The van der Waals surface area contributed by atoms with Gasteiger partial charge in [0.25, 0.3) is 0 Å². The molecule has 1 aromatic heterocycles. The minimum absolute atomic E-state index is 0.0854. The summed E-state index contributed by atoms with van der Waals surface area (Å²) >= 11 is 6.08. The van der Waals surface area contributed by atoms with Crippen LogP contribution in [0.25, 0.3) is 0 Å². The highest BCUT2D eigenvalue weighted by molar-refractivity contribution is 6.31. The zero-order valence-corrected chi connectivity index (χ0v) is 12.9. The lowest BCUT2D eigenvalue weighted by molar-refractivity contribution is 0.0990. The molecule has 0 bridgehead atoms. The van der Waals surface area contributed by atoms with Gasteiger partial charge in [-0.05, 0) is 38.0 Å². The quantitative estimate of drug-likeness (QED) is 0.784. The fourth-order valence-corrected chi connectivity index (χ4v) is 2.45. The van der Waals surface area contributed by atoms with Crippen LogP contribution in [0.15, 0.2) is 24.3 Å². The minimum Gasteiger partial charge on any atom is -0.294 e. The second kappa shape index (κ2) is 6.23. The van der Waals surface area contributed by atoms with Crippen LogP contribution in [0.2, 0.25) is 5.02 Å². The molecule has 0 N–H and O–H groups in total. The fourth-order valence-electron chi connectivity index (χ4n) is 2.27. The van der Waals surface area contributed by atoms with Crippen molar-refractivity contribution in [1.82, 2.24) is 9.78 Å². The van der Waals surface area contributed by atoms with E-state index in [-0.39, 0.29) is 5.78 Å². The first-order valence-electron chi connectivity index (χ1n) is 6.90. The molecule has 0 fully saturated rings. The van der Waals surface area contributed by atoms with Gasteiger partial charge in [0.2, 0.25) is 0 Å². The van der Waals surface area contributed by atoms with E-state index in [2.05, 4.69) is 12.0 Å². The van der Waals surface area contributed by atoms with Crippen LogP contribution < -0.4 is 0 Å². The Morgan fingerprint density at radius 2 is 2.10 bits per heavy atom. The number of hydrogen-bond acceptors (Lipinski definition) is 2. The van der Waals surface area contributed by atoms with Gasteiger partial charge in [0.1, 0.15) is 0 Å². The molecule has 1 aromatic carbocycles. The van der Waals surface area contributed by atoms with E-state index >= 15 is 0 Å². The van der Waals surface area contributed by atoms with Gasteiger partial charge in [-0.15, -0.1) is 0 Å². The molecule has 0 unspecified atom stereocenters. The zero-order chi connectivity index (χ0) is 14.7. The minimum atomic E-state index is 0.0854. The standard InChI is InChI=1S/C16H19ClN2O/c1-4-12-9-13(19(5-2)18-12)10-16(20)14-7-6-8-15(17)11(14)3/h6-9H,4-5,10H2,1-3H3. The Hall–Kier alpha value is -1.61. The van der Waals surface area contributed by atoms with E-state index < -0.39 is 0 Å². The van der Waals surface area contributed by atoms with Gasteiger partial charge in [-0.1, -0.05) is 30.7 Å². The molecule has 2 aromatic rings. The van der Waals surface area contributed by atoms with Crippen LogP contribution in [0.3, 0.4) is 0 Å². The van der Waals surface area contributed by atoms with Gasteiger partial charge in [0.05, 0.1) is 12.1 Å². The van der Waals surface area contributed by atoms with E-state index in [1.165, 1.54) is 0 Å². The number of carbonyl (C=O) groups is 1. The van der Waals surface area contributed by atoms with Crippen LogP contribution in [-0.4, -0.2) is 15.6 Å². The van der Waals surface area contributed by atoms with Gasteiger partial charge < -0.3 is 0 Å². The highest BCUT2D eigenvalue weighted by Crippen LogP contribution is 2.20. The number of nitrogens with zero attached hydrogens (tertiary/aromatic N) is 2. The summed E-state index contributed by atoms with van der Waals surface area (Å²) in [5.41, 5.74) is 3.53. The van der Waals surface area contributed by atoms with Crippen LogP contribution in [-0.2, 0) is 19.4 Å². The molecule has 0 atom stereocenters. The average Bonchev–Trinajstić information content (AvgIpc) is 2.84. The molecule has 0 radical (unpaired) electrons. The van der Waals surface area contributed by atoms with Gasteiger partial charge in [0.15, 0.2) is 5.78 Å². The predicted molar refractivity (Wildman–Crippen MR) is 81.5 cm³/mol. The van der Waals surface area contributed by atoms with Crippen molar-refractivity contribution in [2.75, 3.05) is 0 Å². The second-order valence-corrected chi connectivity index (χ2v) is 5.22. The lowest BCUT2D eigenvalue weighted by Crippen LogP contribution is -2.11. The van der Waals surface area contributed by atoms with Crippen molar-refractivity contribution in [3.8, 4) is 0 Å². The maximum Gasteiger partial charge on any atom is 0.169 e. The number of carbonyl (C=O) groups excluding carboxylic acids is 1. The van der Waals surface area contributed by atoms with Crippen molar-refractivity contribution in [2.45, 2.75) is 40.2 Å². The Kier molecular flexibility index (Phi) is 4.61. The molecule has 1 heterocycles. The Labute approximate surface area is 124 Å². The Morgan fingerprint density at radius 3 is 2.75 bits per heavy atom. The second-order valence-electron chi connectivity index (χ2n) is 4.81. The summed E-state index contributed by atoms with van der Waals surface area (Å²) in [6.07, 6.45) is 1.24. The average molecular weight is 291 g/mol. The number of ketones is 1. The van der Waals surface area contributed by atoms with Gasteiger partial charge in [-0.3, -0.25) is 9.48 Å². The van der Waals surface area contributed by atoms with Crippen molar-refractivity contribution in [3.05, 3.63) is 51.8 Å². The molecule has 0 amide bonds. The predicted octanol–water partition coefficient (Wildman–Crippen LogP) is 3.85. The molecule has 0 saturated heterocycles. The number of hydrogen-bond donors (Lipinski definition) is 0. The number of aryl methyl sites for hydroxylation is 2. The Bertz CT molecular complexity index is 631. The highest BCUT2D eigenvalue weighted by atomic mass is 35.5. The SMILES string of the molecule is CCc1cc(CC(=O)c2cccc(Cl)c2C)n(CC)n1. The molecule has 0 spiro atoms. The van der Waals surface area contributed by atoms with Crippen molar-refractivity contribution in [2.24, 2.45) is 0 Å². The molecule has 20 heavy (non-hydrogen) atoms. The van der Waals surface area contributed by atoms with E-state index in [0.717, 1.165) is 29.9 Å². The number of halogens is 1. The smallest absolute Gasteiger partial charge is 0.169 e. The van der Waals surface area contributed by atoms with Gasteiger partial charge in [-0.2, -0.15) is 5.10 Å². The number of rotatable bonds is 5. The Morgan fingerprint density at radius 1 is 1.35 bits per heavy atom. The first-order valence-corrected chi connectivity index (χ1v) is 7.28. The van der Waals surface area contributed by atoms with E-state index in [9.17, 15) is 4.79 Å². The normalized spacial score (nSPS) is 10.8. The molecule has 4 heteroatoms. The first kappa shape index (κ1) is 14.8. The topological polar surface area (TPSA) is 34.9 Å². The van der Waals surface area contributed by atoms with Gasteiger partial charge in [0, 0.05) is 22.8 Å². The van der Waals surface area contributed by atoms with Crippen LogP contribution in [0.1, 0.15) is 41.2 Å². The number of benzene rings is 1. The molecular formula is C16H19ClN2O. The van der Waals surface area contributed by atoms with E-state index in [4.69, 9.17) is 11.6 Å². The van der Waals surface area contributed by atoms with Crippen molar-refractivity contribution < 1.29 is 4.79 Å². The fraction of sp³-hybridized carbons (Fsp3) is 0.375. The van der Waals surface area contributed by atoms with Gasteiger partial charge >= 0.3 is 0 Å². The maximum absolute atomic E-state index is 12.5. The molecule has 0 aliphatic rings. The van der Waals surface area contributed by atoms with E-state index in [1.807, 2.05) is 36.7 Å². The van der Waals surface area contributed by atoms with Crippen molar-refractivity contribution in [1.29, 1.82) is 0 Å². The highest BCUT2D eigenvalue weighted by Gasteiger charge is 2.15. The zero-order valence-electron chi connectivity index (χ0n) is 12.1. The van der Waals surface area contributed by atoms with Crippen LogP contribution in [0.4, 0.5) is 0 Å². The third kappa shape index (κ3) is 2.93. The molecular weight excluding hydrogens is 272 g/mol. The molecule has 0 saturated carbocycles. The summed E-state index contributed by atoms with van der Waals surface area (Å²) in [5.74, 6) is 0.0854. The maximum atomic E-state index is 12.5. The number of Topliss-reactive ketones (excluding diaryl/α,β-unsaturated/α-hetero) is 1. The monoisotopic (exact) mass is 290 g/mol. The third-order valence-electron chi connectivity index (χ3n) is 3.49. The summed E-state index contributed by atoms with van der Waals surface area (Å²) in [4.78, 5) is 12.5. The lowest BCUT2D eigenvalue weighted by Gasteiger charge is -2.07. The third-order valence-corrected chi connectivity index (χ3v) is 3.89. The Balaban J connectivity index is 2.27.